The Hall–Kier alpha value is -7.42. The molecule has 0 aliphatic heterocycles. The quantitative estimate of drug-likeness (QED) is 0.163. The first-order valence-electron chi connectivity index (χ1n) is 21.9. The van der Waals surface area contributed by atoms with Gasteiger partial charge in [0.1, 0.15) is 0 Å². The third kappa shape index (κ3) is 5.23. The molecule has 10 aromatic rings. The van der Waals surface area contributed by atoms with Crippen molar-refractivity contribution >= 4 is 38.9 Å². The van der Waals surface area contributed by atoms with Crippen molar-refractivity contribution in [3.63, 3.8) is 0 Å². The summed E-state index contributed by atoms with van der Waals surface area (Å²) in [5, 5.41) is 2.48. The number of para-hydroxylation sites is 4. The van der Waals surface area contributed by atoms with E-state index in [4.69, 9.17) is 0 Å². The largest absolute Gasteiger partial charge is 0.309 e. The van der Waals surface area contributed by atoms with Gasteiger partial charge in [0, 0.05) is 44.0 Å². The normalized spacial score (nSPS) is 14.1. The smallest absolute Gasteiger partial charge is 0.0543 e. The number of hydrogen-bond acceptors (Lipinski definition) is 1. The summed E-state index contributed by atoms with van der Waals surface area (Å²) in [4.78, 5) is 2.56. The molecule has 62 heavy (non-hydrogen) atoms. The first-order valence-corrected chi connectivity index (χ1v) is 21.9. The van der Waals surface area contributed by atoms with Crippen molar-refractivity contribution in [3.05, 3.63) is 229 Å². The third-order valence-electron chi connectivity index (χ3n) is 14.0. The van der Waals surface area contributed by atoms with E-state index < -0.39 is 0 Å². The molecule has 2 nitrogen and oxygen atoms in total. The van der Waals surface area contributed by atoms with Crippen molar-refractivity contribution in [1.82, 2.24) is 4.57 Å². The number of hydrogen-bond donors (Lipinski definition) is 0. The van der Waals surface area contributed by atoms with Crippen LogP contribution in [0.1, 0.15) is 49.9 Å². The summed E-state index contributed by atoms with van der Waals surface area (Å²) in [6, 6.07) is 76.6. The molecule has 0 N–H and O–H groups in total. The van der Waals surface area contributed by atoms with Crippen LogP contribution in [0.4, 0.5) is 17.1 Å². The minimum Gasteiger partial charge on any atom is -0.309 e. The highest BCUT2D eigenvalue weighted by atomic mass is 15.2. The molecular weight excluding hydrogens is 749 g/mol. The highest BCUT2D eigenvalue weighted by molar-refractivity contribution is 6.11. The fraction of sp³-hybridized carbons (Fsp3) is 0.100. The Kier molecular flexibility index (Phi) is 7.96. The van der Waals surface area contributed by atoms with Gasteiger partial charge in [-0.1, -0.05) is 179 Å². The molecule has 0 radical (unpaired) electrons. The lowest BCUT2D eigenvalue weighted by Gasteiger charge is -2.32. The summed E-state index contributed by atoms with van der Waals surface area (Å²) in [6.45, 7) is 9.49. The second kappa shape index (κ2) is 13.5. The zero-order valence-electron chi connectivity index (χ0n) is 35.5. The topological polar surface area (TPSA) is 8.17 Å². The molecule has 0 saturated carbocycles. The van der Waals surface area contributed by atoms with Crippen molar-refractivity contribution in [3.8, 4) is 50.2 Å². The summed E-state index contributed by atoms with van der Waals surface area (Å²) >= 11 is 0. The second-order valence-corrected chi connectivity index (χ2v) is 18.1. The van der Waals surface area contributed by atoms with Crippen LogP contribution in [0.3, 0.4) is 0 Å². The summed E-state index contributed by atoms with van der Waals surface area (Å²) in [5.74, 6) is 0. The average molecular weight is 795 g/mol. The molecule has 296 valence electrons. The van der Waals surface area contributed by atoms with E-state index in [2.05, 4.69) is 243 Å². The number of anilines is 3. The SMILES string of the molecule is CC1(C)c2ccccc2-c2ccc(-c3ccccc3N(c3ccccc3-c3ccc4c(c3)c3ccccc3n4-c3ccccc3)c3cccc4c3-c3ccccc3C4(C)C)cc21. The summed E-state index contributed by atoms with van der Waals surface area (Å²) in [7, 11) is 0. The molecule has 1 heterocycles. The monoisotopic (exact) mass is 794 g/mol. The number of aromatic nitrogens is 1. The Morgan fingerprint density at radius 2 is 0.839 bits per heavy atom. The van der Waals surface area contributed by atoms with Crippen LogP contribution >= 0.6 is 0 Å². The Morgan fingerprint density at radius 3 is 1.58 bits per heavy atom. The van der Waals surface area contributed by atoms with Crippen molar-refractivity contribution in [2.45, 2.75) is 38.5 Å². The van der Waals surface area contributed by atoms with Gasteiger partial charge in [-0.15, -0.1) is 0 Å². The molecule has 0 fully saturated rings. The maximum absolute atomic E-state index is 2.56. The van der Waals surface area contributed by atoms with Crippen molar-refractivity contribution in [2.24, 2.45) is 0 Å². The summed E-state index contributed by atoms with van der Waals surface area (Å²) in [6.07, 6.45) is 0. The zero-order chi connectivity index (χ0) is 41.7. The summed E-state index contributed by atoms with van der Waals surface area (Å²) in [5.41, 5.74) is 22.3. The summed E-state index contributed by atoms with van der Waals surface area (Å²) < 4.78 is 2.39. The van der Waals surface area contributed by atoms with Crippen LogP contribution in [-0.2, 0) is 10.8 Å². The van der Waals surface area contributed by atoms with E-state index in [0.29, 0.717) is 0 Å². The molecule has 1 aromatic heterocycles. The van der Waals surface area contributed by atoms with Gasteiger partial charge in [-0.3, -0.25) is 0 Å². The molecular formula is C60H46N2. The molecule has 2 aliphatic carbocycles. The van der Waals surface area contributed by atoms with Gasteiger partial charge in [-0.05, 0) is 105 Å². The average Bonchev–Trinajstić information content (AvgIpc) is 3.86. The van der Waals surface area contributed by atoms with Crippen LogP contribution in [0.2, 0.25) is 0 Å². The first kappa shape index (κ1) is 36.4. The van der Waals surface area contributed by atoms with Crippen LogP contribution in [0.25, 0.3) is 72.0 Å². The van der Waals surface area contributed by atoms with Crippen molar-refractivity contribution < 1.29 is 0 Å². The maximum Gasteiger partial charge on any atom is 0.0543 e. The van der Waals surface area contributed by atoms with Gasteiger partial charge in [0.25, 0.3) is 0 Å². The van der Waals surface area contributed by atoms with Crippen molar-refractivity contribution in [2.75, 3.05) is 4.90 Å². The van der Waals surface area contributed by atoms with E-state index >= 15 is 0 Å². The number of nitrogens with zero attached hydrogens (tertiary/aromatic N) is 2. The molecule has 0 spiro atoms. The zero-order valence-corrected chi connectivity index (χ0v) is 35.5. The lowest BCUT2D eigenvalue weighted by Crippen LogP contribution is -2.17. The van der Waals surface area contributed by atoms with Gasteiger partial charge in [0.15, 0.2) is 0 Å². The Morgan fingerprint density at radius 1 is 0.339 bits per heavy atom. The van der Waals surface area contributed by atoms with Crippen LogP contribution in [0.15, 0.2) is 206 Å². The molecule has 0 amide bonds. The fourth-order valence-corrected chi connectivity index (χ4v) is 11.0. The van der Waals surface area contributed by atoms with E-state index in [1.165, 1.54) is 94.3 Å². The Balaban J connectivity index is 1.11. The number of benzene rings is 9. The second-order valence-electron chi connectivity index (χ2n) is 18.1. The van der Waals surface area contributed by atoms with Gasteiger partial charge >= 0.3 is 0 Å². The molecule has 2 heteroatoms. The van der Waals surface area contributed by atoms with E-state index in [0.717, 1.165) is 17.1 Å². The maximum atomic E-state index is 2.56. The first-order chi connectivity index (χ1) is 30.3. The van der Waals surface area contributed by atoms with Crippen molar-refractivity contribution in [1.29, 1.82) is 0 Å². The minimum absolute atomic E-state index is 0.110. The highest BCUT2D eigenvalue weighted by Gasteiger charge is 2.39. The van der Waals surface area contributed by atoms with Crippen LogP contribution in [0, 0.1) is 0 Å². The number of rotatable bonds is 6. The molecule has 0 saturated heterocycles. The number of fused-ring (bicyclic) bond motifs is 9. The van der Waals surface area contributed by atoms with Crippen LogP contribution < -0.4 is 4.90 Å². The van der Waals surface area contributed by atoms with E-state index in [1.807, 2.05) is 0 Å². The van der Waals surface area contributed by atoms with Gasteiger partial charge in [-0.2, -0.15) is 0 Å². The van der Waals surface area contributed by atoms with E-state index in [9.17, 15) is 0 Å². The predicted octanol–water partition coefficient (Wildman–Crippen LogP) is 16.2. The fourth-order valence-electron chi connectivity index (χ4n) is 11.0. The van der Waals surface area contributed by atoms with Crippen LogP contribution in [-0.4, -0.2) is 4.57 Å². The van der Waals surface area contributed by atoms with Gasteiger partial charge in [-0.25, -0.2) is 0 Å². The van der Waals surface area contributed by atoms with Gasteiger partial charge in [0.2, 0.25) is 0 Å². The molecule has 0 bridgehead atoms. The lowest BCUT2D eigenvalue weighted by atomic mass is 9.81. The van der Waals surface area contributed by atoms with Gasteiger partial charge in [0.05, 0.1) is 28.1 Å². The van der Waals surface area contributed by atoms with E-state index in [1.54, 1.807) is 0 Å². The molecule has 12 rings (SSSR count). The Labute approximate surface area is 364 Å². The molecule has 0 unspecified atom stereocenters. The molecule has 2 aliphatic rings. The lowest BCUT2D eigenvalue weighted by molar-refractivity contribution is 0.660. The third-order valence-corrected chi connectivity index (χ3v) is 14.0. The van der Waals surface area contributed by atoms with Gasteiger partial charge < -0.3 is 9.47 Å². The highest BCUT2D eigenvalue weighted by Crippen LogP contribution is 2.56. The Bertz CT molecular complexity index is 3420. The van der Waals surface area contributed by atoms with Crippen LogP contribution in [0.5, 0.6) is 0 Å². The minimum atomic E-state index is -0.148. The standard InChI is InChI=1S/C60H46N2/c1-59(2)50-27-14-9-25-47(50)58-51(59)28-18-32-57(58)62(54-30-16-11-22-43(54)40-33-35-45-44-23-8-13-26-49(44)60(3,4)52(45)38-40)53-29-15-10-21-42(53)39-34-36-56-48(37-39)46-24-12-17-31-55(46)61(56)41-19-6-5-7-20-41/h5-38H,1-4H3. The van der Waals surface area contributed by atoms with E-state index in [-0.39, 0.29) is 10.8 Å². The molecule has 9 aromatic carbocycles. The molecule has 0 atom stereocenters. The predicted molar refractivity (Wildman–Crippen MR) is 261 cm³/mol.